The third-order valence-electron chi connectivity index (χ3n) is 2.43. The van der Waals surface area contributed by atoms with E-state index in [0.717, 1.165) is 5.69 Å². The van der Waals surface area contributed by atoms with Gasteiger partial charge >= 0.3 is 0 Å². The highest BCUT2D eigenvalue weighted by atomic mass is 16.2. The van der Waals surface area contributed by atoms with Gasteiger partial charge in [-0.3, -0.25) is 9.78 Å². The molecule has 1 aliphatic rings. The van der Waals surface area contributed by atoms with Gasteiger partial charge in [0.15, 0.2) is 0 Å². The van der Waals surface area contributed by atoms with Crippen LogP contribution in [-0.4, -0.2) is 34.9 Å². The molecule has 0 radical (unpaired) electrons. The average Bonchev–Trinajstić information content (AvgIpc) is 2.13. The lowest BCUT2D eigenvalue weighted by molar-refractivity contribution is 0.0607. The highest BCUT2D eigenvalue weighted by Crippen LogP contribution is 2.13. The van der Waals surface area contributed by atoms with Crippen LogP contribution in [0.15, 0.2) is 18.3 Å². The van der Waals surface area contributed by atoms with Crippen LogP contribution in [0.2, 0.25) is 0 Å². The molecular weight excluding hydrogens is 178 g/mol. The summed E-state index contributed by atoms with van der Waals surface area (Å²) in [5, 5.41) is 0. The molecule has 0 aliphatic carbocycles. The lowest BCUT2D eigenvalue weighted by Crippen LogP contribution is -2.57. The summed E-state index contributed by atoms with van der Waals surface area (Å²) in [4.78, 5) is 17.6. The van der Waals surface area contributed by atoms with Crippen molar-refractivity contribution in [2.45, 2.75) is 13.0 Å². The molecule has 2 N–H and O–H groups in total. The van der Waals surface area contributed by atoms with E-state index in [9.17, 15) is 4.79 Å². The second kappa shape index (κ2) is 3.38. The van der Waals surface area contributed by atoms with Gasteiger partial charge in [-0.05, 0) is 19.1 Å². The van der Waals surface area contributed by atoms with Gasteiger partial charge in [-0.25, -0.2) is 0 Å². The smallest absolute Gasteiger partial charge is 0.255 e. The van der Waals surface area contributed by atoms with E-state index in [1.807, 2.05) is 6.92 Å². The minimum Gasteiger partial charge on any atom is -0.335 e. The Balaban J connectivity index is 2.16. The predicted octanol–water partition coefficient (Wildman–Crippen LogP) is 0.173. The number of carbonyl (C=O) groups excluding carboxylic acids is 1. The van der Waals surface area contributed by atoms with Crippen molar-refractivity contribution in [3.63, 3.8) is 0 Å². The van der Waals surface area contributed by atoms with Crippen molar-refractivity contribution in [3.05, 3.63) is 29.6 Å². The van der Waals surface area contributed by atoms with E-state index in [4.69, 9.17) is 5.73 Å². The SMILES string of the molecule is Cc1ncccc1C(=O)N1CC(N)C1. The van der Waals surface area contributed by atoms with Crippen molar-refractivity contribution < 1.29 is 4.79 Å². The van der Waals surface area contributed by atoms with Crippen molar-refractivity contribution in [2.24, 2.45) is 5.73 Å². The molecule has 2 heterocycles. The number of rotatable bonds is 1. The van der Waals surface area contributed by atoms with Gasteiger partial charge in [0.25, 0.3) is 5.91 Å². The first-order chi connectivity index (χ1) is 6.68. The quantitative estimate of drug-likeness (QED) is 0.688. The number of nitrogens with zero attached hydrogens (tertiary/aromatic N) is 2. The lowest BCUT2D eigenvalue weighted by Gasteiger charge is -2.37. The van der Waals surface area contributed by atoms with Gasteiger partial charge in [0.2, 0.25) is 0 Å². The minimum atomic E-state index is 0.0392. The molecule has 14 heavy (non-hydrogen) atoms. The largest absolute Gasteiger partial charge is 0.335 e. The summed E-state index contributed by atoms with van der Waals surface area (Å²) in [6.45, 7) is 3.16. The molecule has 0 unspecified atom stereocenters. The summed E-state index contributed by atoms with van der Waals surface area (Å²) < 4.78 is 0. The fraction of sp³-hybridized carbons (Fsp3) is 0.400. The summed E-state index contributed by atoms with van der Waals surface area (Å²) in [5.41, 5.74) is 7.07. The third kappa shape index (κ3) is 1.48. The maximum Gasteiger partial charge on any atom is 0.255 e. The van der Waals surface area contributed by atoms with E-state index < -0.39 is 0 Å². The minimum absolute atomic E-state index is 0.0392. The predicted molar refractivity (Wildman–Crippen MR) is 52.9 cm³/mol. The first-order valence-electron chi connectivity index (χ1n) is 4.65. The maximum absolute atomic E-state index is 11.8. The topological polar surface area (TPSA) is 59.2 Å². The molecule has 0 bridgehead atoms. The highest BCUT2D eigenvalue weighted by molar-refractivity contribution is 5.95. The van der Waals surface area contributed by atoms with E-state index >= 15 is 0 Å². The van der Waals surface area contributed by atoms with Crippen LogP contribution in [0.4, 0.5) is 0 Å². The fourth-order valence-electron chi connectivity index (χ4n) is 1.56. The van der Waals surface area contributed by atoms with Crippen molar-refractivity contribution in [1.82, 2.24) is 9.88 Å². The normalized spacial score (nSPS) is 16.6. The second-order valence-corrected chi connectivity index (χ2v) is 3.61. The highest BCUT2D eigenvalue weighted by Gasteiger charge is 2.28. The fourth-order valence-corrected chi connectivity index (χ4v) is 1.56. The Bertz CT molecular complexity index is 358. The average molecular weight is 191 g/mol. The van der Waals surface area contributed by atoms with Crippen LogP contribution in [0.25, 0.3) is 0 Å². The Morgan fingerprint density at radius 1 is 1.64 bits per heavy atom. The maximum atomic E-state index is 11.8. The molecule has 4 heteroatoms. The van der Waals surface area contributed by atoms with Gasteiger partial charge in [-0.15, -0.1) is 0 Å². The molecule has 2 rings (SSSR count). The summed E-state index contributed by atoms with van der Waals surface area (Å²) >= 11 is 0. The monoisotopic (exact) mass is 191 g/mol. The third-order valence-corrected chi connectivity index (χ3v) is 2.43. The van der Waals surface area contributed by atoms with Gasteiger partial charge in [0.1, 0.15) is 0 Å². The molecule has 1 aliphatic heterocycles. The Hall–Kier alpha value is -1.42. The number of hydrogen-bond donors (Lipinski definition) is 1. The number of nitrogens with two attached hydrogens (primary N) is 1. The number of aryl methyl sites for hydroxylation is 1. The van der Waals surface area contributed by atoms with Crippen molar-refractivity contribution in [1.29, 1.82) is 0 Å². The molecular formula is C10H13N3O. The zero-order chi connectivity index (χ0) is 10.1. The first kappa shape index (κ1) is 9.15. The Morgan fingerprint density at radius 2 is 2.36 bits per heavy atom. The summed E-state index contributed by atoms with van der Waals surface area (Å²) in [7, 11) is 0. The summed E-state index contributed by atoms with van der Waals surface area (Å²) in [6, 6.07) is 3.73. The van der Waals surface area contributed by atoms with Gasteiger partial charge < -0.3 is 10.6 Å². The molecule has 74 valence electrons. The van der Waals surface area contributed by atoms with E-state index in [-0.39, 0.29) is 11.9 Å². The number of hydrogen-bond acceptors (Lipinski definition) is 3. The van der Waals surface area contributed by atoms with Crippen LogP contribution in [0.3, 0.4) is 0 Å². The molecule has 1 saturated heterocycles. The number of aromatic nitrogens is 1. The van der Waals surface area contributed by atoms with Crippen molar-refractivity contribution >= 4 is 5.91 Å². The van der Waals surface area contributed by atoms with E-state index in [1.165, 1.54) is 0 Å². The summed E-state index contributed by atoms with van der Waals surface area (Å²) in [6.07, 6.45) is 1.69. The molecule has 1 aromatic heterocycles. The molecule has 0 atom stereocenters. The van der Waals surface area contributed by atoms with Crippen LogP contribution in [0, 0.1) is 6.92 Å². The van der Waals surface area contributed by atoms with Gasteiger partial charge in [-0.2, -0.15) is 0 Å². The molecule has 1 aromatic rings. The molecule has 0 saturated carbocycles. The Morgan fingerprint density at radius 3 is 2.93 bits per heavy atom. The second-order valence-electron chi connectivity index (χ2n) is 3.61. The van der Waals surface area contributed by atoms with Crippen LogP contribution in [0.1, 0.15) is 16.1 Å². The number of likely N-dealkylation sites (tertiary alicyclic amines) is 1. The van der Waals surface area contributed by atoms with E-state index in [1.54, 1.807) is 23.2 Å². The zero-order valence-electron chi connectivity index (χ0n) is 8.10. The molecule has 1 amide bonds. The van der Waals surface area contributed by atoms with Crippen molar-refractivity contribution in [3.8, 4) is 0 Å². The standard InChI is InChI=1S/C10H13N3O/c1-7-9(3-2-4-12-7)10(14)13-5-8(11)6-13/h2-4,8H,5-6,11H2,1H3. The Kier molecular flexibility index (Phi) is 2.21. The van der Waals surface area contributed by atoms with Crippen LogP contribution in [0.5, 0.6) is 0 Å². The van der Waals surface area contributed by atoms with E-state index in [0.29, 0.717) is 18.7 Å². The van der Waals surface area contributed by atoms with Crippen molar-refractivity contribution in [2.75, 3.05) is 13.1 Å². The molecule has 0 aromatic carbocycles. The molecule has 1 fully saturated rings. The van der Waals surface area contributed by atoms with Crippen LogP contribution >= 0.6 is 0 Å². The Labute approximate surface area is 82.7 Å². The number of pyridine rings is 1. The lowest BCUT2D eigenvalue weighted by atomic mass is 10.1. The number of amides is 1. The molecule has 0 spiro atoms. The van der Waals surface area contributed by atoms with Gasteiger partial charge in [-0.1, -0.05) is 0 Å². The summed E-state index contributed by atoms with van der Waals surface area (Å²) in [5.74, 6) is 0.0392. The van der Waals surface area contributed by atoms with Crippen LogP contribution in [-0.2, 0) is 0 Å². The van der Waals surface area contributed by atoms with Crippen LogP contribution < -0.4 is 5.73 Å². The van der Waals surface area contributed by atoms with Gasteiger partial charge in [0.05, 0.1) is 5.56 Å². The zero-order valence-corrected chi connectivity index (χ0v) is 8.10. The van der Waals surface area contributed by atoms with Gasteiger partial charge in [0, 0.05) is 31.0 Å². The van der Waals surface area contributed by atoms with E-state index in [2.05, 4.69) is 4.98 Å². The number of carbonyl (C=O) groups is 1. The first-order valence-corrected chi connectivity index (χ1v) is 4.65. The molecule has 4 nitrogen and oxygen atoms in total.